The Labute approximate surface area is 286 Å². The Morgan fingerprint density at radius 2 is 1.72 bits per heavy atom. The predicted molar refractivity (Wildman–Crippen MR) is 187 cm³/mol. The van der Waals surface area contributed by atoms with E-state index in [9.17, 15) is 9.90 Å². The van der Waals surface area contributed by atoms with Crippen LogP contribution in [0, 0.1) is 0 Å². The summed E-state index contributed by atoms with van der Waals surface area (Å²) in [5.74, 6) is 1.44. The first-order valence-corrected chi connectivity index (χ1v) is 16.7. The number of halogens is 2. The highest BCUT2D eigenvalue weighted by atomic mass is 35.5. The van der Waals surface area contributed by atoms with Crippen molar-refractivity contribution in [1.82, 2.24) is 20.5 Å². The highest BCUT2D eigenvalue weighted by molar-refractivity contribution is 6.39. The molecule has 4 aromatic rings. The summed E-state index contributed by atoms with van der Waals surface area (Å²) in [6.07, 6.45) is 1.90. The van der Waals surface area contributed by atoms with Gasteiger partial charge < -0.3 is 25.2 Å². The van der Waals surface area contributed by atoms with Gasteiger partial charge in [-0.2, -0.15) is 0 Å². The zero-order chi connectivity index (χ0) is 33.1. The lowest BCUT2D eigenvalue weighted by molar-refractivity contribution is -0.119. The second-order valence-electron chi connectivity index (χ2n) is 12.3. The molecule has 0 spiro atoms. The summed E-state index contributed by atoms with van der Waals surface area (Å²) in [7, 11) is 3.30. The number of fused-ring (bicyclic) bond motifs is 1. The quantitative estimate of drug-likeness (QED) is 0.167. The Balaban J connectivity index is 1.27. The van der Waals surface area contributed by atoms with Crippen molar-refractivity contribution in [2.24, 2.45) is 0 Å². The van der Waals surface area contributed by atoms with Gasteiger partial charge in [0.25, 0.3) is 0 Å². The molecule has 3 N–H and O–H groups in total. The third kappa shape index (κ3) is 7.27. The molecule has 0 saturated carbocycles. The van der Waals surface area contributed by atoms with E-state index in [1.54, 1.807) is 14.2 Å². The van der Waals surface area contributed by atoms with Crippen LogP contribution < -0.4 is 20.1 Å². The Morgan fingerprint density at radius 1 is 1.00 bits per heavy atom. The Kier molecular flexibility index (Phi) is 10.3. The number of nitrogens with zero attached hydrogens (tertiary/aromatic N) is 2. The predicted octanol–water partition coefficient (Wildman–Crippen LogP) is 6.51. The molecule has 1 amide bonds. The number of carbonyl (C=O) groups is 1. The summed E-state index contributed by atoms with van der Waals surface area (Å²) in [5, 5.41) is 17.4. The number of rotatable bonds is 11. The maximum Gasteiger partial charge on any atom is 0.220 e. The molecule has 6 rings (SSSR count). The second-order valence-corrected chi connectivity index (χ2v) is 13.0. The molecule has 3 aromatic carbocycles. The van der Waals surface area contributed by atoms with E-state index in [0.29, 0.717) is 47.7 Å². The van der Waals surface area contributed by atoms with Gasteiger partial charge in [0.15, 0.2) is 0 Å². The molecule has 0 bridgehead atoms. The van der Waals surface area contributed by atoms with Crippen LogP contribution in [0.1, 0.15) is 36.5 Å². The van der Waals surface area contributed by atoms with Gasteiger partial charge in [-0.3, -0.25) is 9.69 Å². The van der Waals surface area contributed by atoms with Gasteiger partial charge in [-0.05, 0) is 43.0 Å². The number of carbonyl (C=O) groups excluding carboxylic acids is 1. The minimum absolute atomic E-state index is 0.105. The smallest absolute Gasteiger partial charge is 0.220 e. The van der Waals surface area contributed by atoms with E-state index in [-0.39, 0.29) is 18.1 Å². The molecule has 2 atom stereocenters. The molecule has 0 aliphatic carbocycles. The van der Waals surface area contributed by atoms with Gasteiger partial charge in [-0.25, -0.2) is 4.98 Å². The summed E-state index contributed by atoms with van der Waals surface area (Å²) >= 11 is 14.3. The lowest BCUT2D eigenvalue weighted by atomic mass is 9.91. The van der Waals surface area contributed by atoms with E-state index in [1.807, 2.05) is 61.5 Å². The highest BCUT2D eigenvalue weighted by Gasteiger charge is 2.24. The standard InChI is InChI=1S/C37H40Cl2N4O4/c1-22(44)20-43-15-14-23-16-25(17-33(46-2)31(23)21-43)27-6-4-7-28(35(27)38)29-8-5-9-30(36(29)39)32-12-10-24(37(42-32)47-3)18-40-19-26-11-13-34(45)41-26/h4-10,12,16-17,22,26,40,44H,11,13-15,18-21H2,1-3H3,(H,41,45)/t22-,26+/m0/s1. The van der Waals surface area contributed by atoms with Gasteiger partial charge in [0.05, 0.1) is 36.1 Å². The van der Waals surface area contributed by atoms with Crippen LogP contribution >= 0.6 is 23.2 Å². The third-order valence-electron chi connectivity index (χ3n) is 8.92. The van der Waals surface area contributed by atoms with Crippen molar-refractivity contribution in [3.63, 3.8) is 0 Å². The second kappa shape index (κ2) is 14.6. The van der Waals surface area contributed by atoms with E-state index >= 15 is 0 Å². The molecular formula is C37H40Cl2N4O4. The number of methoxy groups -OCH3 is 2. The summed E-state index contributed by atoms with van der Waals surface area (Å²) in [6, 6.07) is 20.2. The average Bonchev–Trinajstić information content (AvgIpc) is 3.49. The largest absolute Gasteiger partial charge is 0.496 e. The summed E-state index contributed by atoms with van der Waals surface area (Å²) in [5.41, 5.74) is 8.26. The Morgan fingerprint density at radius 3 is 2.40 bits per heavy atom. The van der Waals surface area contributed by atoms with Crippen molar-refractivity contribution in [2.45, 2.75) is 51.4 Å². The van der Waals surface area contributed by atoms with E-state index in [1.165, 1.54) is 5.56 Å². The first kappa shape index (κ1) is 33.2. The minimum Gasteiger partial charge on any atom is -0.496 e. The van der Waals surface area contributed by atoms with Gasteiger partial charge in [0.2, 0.25) is 11.8 Å². The Hall–Kier alpha value is -3.66. The molecule has 0 unspecified atom stereocenters. The molecule has 3 heterocycles. The average molecular weight is 676 g/mol. The molecule has 1 aromatic heterocycles. The first-order chi connectivity index (χ1) is 22.7. The summed E-state index contributed by atoms with van der Waals surface area (Å²) in [4.78, 5) is 18.6. The van der Waals surface area contributed by atoms with Gasteiger partial charge in [0, 0.05) is 78.6 Å². The fourth-order valence-electron chi connectivity index (χ4n) is 6.60. The molecule has 1 fully saturated rings. The SMILES string of the molecule is COc1cc(-c2cccc(-c3cccc(-c4ccc(CNC[C@H]5CCC(=O)N5)c(OC)n4)c3Cl)c2Cl)cc2c1CN(C[C@H](C)O)CC2. The monoisotopic (exact) mass is 674 g/mol. The zero-order valence-corrected chi connectivity index (χ0v) is 28.4. The van der Waals surface area contributed by atoms with Gasteiger partial charge in [-0.1, -0.05) is 71.7 Å². The maximum absolute atomic E-state index is 11.5. The normalized spacial score (nSPS) is 16.9. The summed E-state index contributed by atoms with van der Waals surface area (Å²) in [6.45, 7) is 5.30. The van der Waals surface area contributed by atoms with E-state index < -0.39 is 0 Å². The van der Waals surface area contributed by atoms with Crippen molar-refractivity contribution in [1.29, 1.82) is 0 Å². The maximum atomic E-state index is 11.5. The van der Waals surface area contributed by atoms with Crippen LogP contribution in [0.4, 0.5) is 0 Å². The molecule has 1 saturated heterocycles. The number of ether oxygens (including phenoxy) is 2. The summed E-state index contributed by atoms with van der Waals surface area (Å²) < 4.78 is 11.5. The number of benzene rings is 3. The van der Waals surface area contributed by atoms with Crippen LogP contribution in [-0.4, -0.2) is 66.9 Å². The number of hydrogen-bond acceptors (Lipinski definition) is 7. The van der Waals surface area contributed by atoms with Crippen molar-refractivity contribution in [3.8, 4) is 45.1 Å². The van der Waals surface area contributed by atoms with Gasteiger partial charge in [0.1, 0.15) is 5.75 Å². The van der Waals surface area contributed by atoms with Crippen molar-refractivity contribution < 1.29 is 19.4 Å². The van der Waals surface area contributed by atoms with Crippen LogP contribution in [0.15, 0.2) is 60.7 Å². The number of nitrogens with one attached hydrogen (secondary N) is 2. The minimum atomic E-state index is -0.382. The van der Waals surface area contributed by atoms with E-state index in [4.69, 9.17) is 37.7 Å². The van der Waals surface area contributed by atoms with Crippen molar-refractivity contribution in [3.05, 3.63) is 87.4 Å². The molecule has 2 aliphatic rings. The third-order valence-corrected chi connectivity index (χ3v) is 9.74. The van der Waals surface area contributed by atoms with Gasteiger partial charge in [-0.15, -0.1) is 0 Å². The lowest BCUT2D eigenvalue weighted by Gasteiger charge is -2.31. The van der Waals surface area contributed by atoms with Crippen molar-refractivity contribution >= 4 is 29.1 Å². The van der Waals surface area contributed by atoms with Crippen molar-refractivity contribution in [2.75, 3.05) is 33.9 Å². The molecule has 8 nitrogen and oxygen atoms in total. The first-order valence-electron chi connectivity index (χ1n) is 16.0. The highest BCUT2D eigenvalue weighted by Crippen LogP contribution is 2.44. The number of aliphatic hydroxyl groups excluding tert-OH is 1. The van der Waals surface area contributed by atoms with Crippen LogP contribution in [0.25, 0.3) is 33.5 Å². The molecule has 0 radical (unpaired) electrons. The molecular weight excluding hydrogens is 635 g/mol. The number of hydrogen-bond donors (Lipinski definition) is 3. The van der Waals surface area contributed by atoms with E-state index in [2.05, 4.69) is 21.6 Å². The fourth-order valence-corrected chi connectivity index (χ4v) is 7.26. The van der Waals surface area contributed by atoms with Crippen LogP contribution in [0.5, 0.6) is 11.6 Å². The van der Waals surface area contributed by atoms with Crippen LogP contribution in [0.3, 0.4) is 0 Å². The number of pyridine rings is 1. The van der Waals surface area contributed by atoms with E-state index in [0.717, 1.165) is 70.6 Å². The van der Waals surface area contributed by atoms with Crippen LogP contribution in [-0.2, 0) is 24.3 Å². The molecule has 2 aliphatic heterocycles. The Bertz CT molecular complexity index is 1760. The molecule has 246 valence electrons. The lowest BCUT2D eigenvalue weighted by Crippen LogP contribution is -2.35. The number of β-amino-alcohol motifs (C(OH)–C–C–N with tert-alkyl or cyclic N) is 1. The van der Waals surface area contributed by atoms with Gasteiger partial charge >= 0.3 is 0 Å². The topological polar surface area (TPSA) is 96.0 Å². The van der Waals surface area contributed by atoms with Crippen LogP contribution in [0.2, 0.25) is 10.0 Å². The number of amides is 1. The fraction of sp³-hybridized carbons (Fsp3) is 0.351. The molecule has 10 heteroatoms. The number of aliphatic hydroxyl groups is 1. The number of aromatic nitrogens is 1. The molecule has 47 heavy (non-hydrogen) atoms. The zero-order valence-electron chi connectivity index (χ0n) is 26.9.